The number of aliphatic hydroxyl groups is 1. The summed E-state index contributed by atoms with van der Waals surface area (Å²) in [6.45, 7) is 2.84. The fourth-order valence-corrected chi connectivity index (χ4v) is 8.52. The van der Waals surface area contributed by atoms with E-state index < -0.39 is 20.7 Å². The van der Waals surface area contributed by atoms with E-state index in [0.717, 1.165) is 24.8 Å². The number of H-pyrrole nitrogens is 1. The molecule has 35 heavy (non-hydrogen) atoms. The first kappa shape index (κ1) is 22.8. The second-order valence-corrected chi connectivity index (χ2v) is 12.4. The standard InChI is InChI=1S/C25H30N4O5S/c1-15-4-2-3-5-18(15)29-19-8-11-26-24(31)21(19)23(28-29)27-16-6-7-20-17(14-16)22(30)25(35(20,32)33)9-12-34-13-10-25/h6-8,11,14-15,18,22,30H,2-5,9-10,12-13H2,1H3,(H,26,31)(H,27,28)/t15-,18-,22?/m0/s1. The van der Waals surface area contributed by atoms with Crippen LogP contribution in [0.2, 0.25) is 0 Å². The van der Waals surface area contributed by atoms with Crippen LogP contribution in [0.15, 0.2) is 40.2 Å². The quantitative estimate of drug-likeness (QED) is 0.504. The van der Waals surface area contributed by atoms with Crippen LogP contribution >= 0.6 is 0 Å². The Morgan fingerprint density at radius 1 is 1.20 bits per heavy atom. The van der Waals surface area contributed by atoms with Crippen molar-refractivity contribution < 1.29 is 18.3 Å². The van der Waals surface area contributed by atoms with Crippen LogP contribution in [-0.4, -0.2) is 46.2 Å². The fraction of sp³-hybridized carbons (Fsp3) is 0.520. The van der Waals surface area contributed by atoms with Crippen molar-refractivity contribution in [1.82, 2.24) is 14.8 Å². The molecule has 186 valence electrons. The molecule has 1 saturated carbocycles. The molecule has 0 amide bonds. The van der Waals surface area contributed by atoms with Gasteiger partial charge in [0.05, 0.1) is 16.5 Å². The third-order valence-electron chi connectivity index (χ3n) is 8.24. The Morgan fingerprint density at radius 3 is 2.74 bits per heavy atom. The summed E-state index contributed by atoms with van der Waals surface area (Å²) in [7, 11) is -3.70. The lowest BCUT2D eigenvalue weighted by atomic mass is 9.86. The molecular weight excluding hydrogens is 468 g/mol. The van der Waals surface area contributed by atoms with Gasteiger partial charge in [-0.25, -0.2) is 8.42 Å². The molecule has 1 saturated heterocycles. The van der Waals surface area contributed by atoms with Crippen molar-refractivity contribution >= 4 is 32.2 Å². The molecule has 1 unspecified atom stereocenters. The van der Waals surface area contributed by atoms with Crippen molar-refractivity contribution in [3.05, 3.63) is 46.4 Å². The zero-order valence-corrected chi connectivity index (χ0v) is 20.5. The van der Waals surface area contributed by atoms with Crippen LogP contribution < -0.4 is 10.9 Å². The maximum Gasteiger partial charge on any atom is 0.261 e. The number of hydrogen-bond donors (Lipinski definition) is 3. The Morgan fingerprint density at radius 2 is 1.97 bits per heavy atom. The van der Waals surface area contributed by atoms with Gasteiger partial charge in [0.25, 0.3) is 5.56 Å². The minimum Gasteiger partial charge on any atom is -0.387 e. The number of aliphatic hydroxyl groups excluding tert-OH is 1. The van der Waals surface area contributed by atoms with Gasteiger partial charge >= 0.3 is 0 Å². The van der Waals surface area contributed by atoms with Gasteiger partial charge in [-0.3, -0.25) is 9.48 Å². The molecule has 3 aromatic rings. The minimum atomic E-state index is -3.70. The molecule has 10 heteroatoms. The molecule has 2 fully saturated rings. The number of benzene rings is 1. The van der Waals surface area contributed by atoms with Crippen molar-refractivity contribution in [2.24, 2.45) is 5.92 Å². The van der Waals surface area contributed by atoms with Crippen LogP contribution in [-0.2, 0) is 14.6 Å². The molecule has 6 rings (SSSR count). The van der Waals surface area contributed by atoms with E-state index in [-0.39, 0.29) is 29.3 Å². The third kappa shape index (κ3) is 3.30. The second-order valence-electron chi connectivity index (χ2n) is 10.2. The van der Waals surface area contributed by atoms with Gasteiger partial charge in [0.1, 0.15) is 16.2 Å². The topological polar surface area (TPSA) is 126 Å². The first-order valence-electron chi connectivity index (χ1n) is 12.3. The van der Waals surface area contributed by atoms with E-state index >= 15 is 0 Å². The molecule has 9 nitrogen and oxygen atoms in total. The Labute approximate surface area is 203 Å². The first-order valence-corrected chi connectivity index (χ1v) is 13.8. The molecule has 1 spiro atoms. The fourth-order valence-electron chi connectivity index (χ4n) is 6.23. The number of rotatable bonds is 3. The lowest BCUT2D eigenvalue weighted by Crippen LogP contribution is -2.44. The monoisotopic (exact) mass is 498 g/mol. The van der Waals surface area contributed by atoms with E-state index in [4.69, 9.17) is 9.84 Å². The number of fused-ring (bicyclic) bond motifs is 2. The number of aromatic nitrogens is 3. The van der Waals surface area contributed by atoms with Crippen molar-refractivity contribution in [1.29, 1.82) is 0 Å². The molecule has 3 N–H and O–H groups in total. The molecule has 1 aromatic carbocycles. The highest BCUT2D eigenvalue weighted by Gasteiger charge is 2.58. The number of ether oxygens (including phenoxy) is 1. The summed E-state index contributed by atoms with van der Waals surface area (Å²) in [4.78, 5) is 15.7. The number of nitrogens with zero attached hydrogens (tertiary/aromatic N) is 2. The summed E-state index contributed by atoms with van der Waals surface area (Å²) < 4.78 is 32.9. The van der Waals surface area contributed by atoms with E-state index in [9.17, 15) is 18.3 Å². The molecule has 4 heterocycles. The smallest absolute Gasteiger partial charge is 0.261 e. The van der Waals surface area contributed by atoms with E-state index in [1.54, 1.807) is 24.4 Å². The Hall–Kier alpha value is -2.69. The number of hydrogen-bond acceptors (Lipinski definition) is 7. The number of anilines is 2. The van der Waals surface area contributed by atoms with Gasteiger partial charge in [-0.1, -0.05) is 19.8 Å². The summed E-state index contributed by atoms with van der Waals surface area (Å²) in [6.07, 6.45) is 5.51. The highest BCUT2D eigenvalue weighted by atomic mass is 32.2. The SMILES string of the molecule is C[C@H]1CCCC[C@@H]1n1nc(Nc2ccc3c(c2)C(O)C2(CCOCC2)S3(=O)=O)c2c(=O)[nH]ccc21. The van der Waals surface area contributed by atoms with Gasteiger partial charge in [0, 0.05) is 30.7 Å². The third-order valence-corrected chi connectivity index (χ3v) is 10.9. The first-order chi connectivity index (χ1) is 16.8. The van der Waals surface area contributed by atoms with Crippen molar-refractivity contribution in [2.45, 2.75) is 67.2 Å². The van der Waals surface area contributed by atoms with E-state index in [1.165, 1.54) is 6.42 Å². The van der Waals surface area contributed by atoms with Crippen LogP contribution in [0.5, 0.6) is 0 Å². The van der Waals surface area contributed by atoms with Gasteiger partial charge < -0.3 is 20.1 Å². The maximum absolute atomic E-state index is 13.4. The minimum absolute atomic E-state index is 0.168. The van der Waals surface area contributed by atoms with Crippen LogP contribution in [0, 0.1) is 5.92 Å². The average Bonchev–Trinajstić information content (AvgIpc) is 3.29. The summed E-state index contributed by atoms with van der Waals surface area (Å²) in [6, 6.07) is 6.99. The normalized spacial score (nSPS) is 27.2. The molecule has 2 aromatic heterocycles. The highest BCUT2D eigenvalue weighted by Crippen LogP contribution is 2.52. The lowest BCUT2D eigenvalue weighted by molar-refractivity contribution is 0.0242. The number of nitrogens with one attached hydrogen (secondary N) is 2. The molecule has 0 bridgehead atoms. The Kier molecular flexibility index (Phi) is 5.32. The van der Waals surface area contributed by atoms with Crippen LogP contribution in [0.4, 0.5) is 11.5 Å². The van der Waals surface area contributed by atoms with Crippen LogP contribution in [0.3, 0.4) is 0 Å². The average molecular weight is 499 g/mol. The van der Waals surface area contributed by atoms with Gasteiger partial charge in [-0.05, 0) is 55.9 Å². The number of pyridine rings is 1. The molecule has 3 atom stereocenters. The molecular formula is C25H30N4O5S. The van der Waals surface area contributed by atoms with Gasteiger partial charge in [-0.15, -0.1) is 0 Å². The number of sulfone groups is 1. The summed E-state index contributed by atoms with van der Waals surface area (Å²) in [5.41, 5.74) is 1.51. The van der Waals surface area contributed by atoms with Crippen LogP contribution in [0.1, 0.15) is 63.2 Å². The summed E-state index contributed by atoms with van der Waals surface area (Å²) in [5, 5.41) is 19.7. The van der Waals surface area contributed by atoms with E-state index in [1.807, 2.05) is 10.7 Å². The van der Waals surface area contributed by atoms with Gasteiger partial charge in [0.2, 0.25) is 0 Å². The predicted molar refractivity (Wildman–Crippen MR) is 132 cm³/mol. The van der Waals surface area contributed by atoms with Gasteiger partial charge in [0.15, 0.2) is 15.7 Å². The highest BCUT2D eigenvalue weighted by molar-refractivity contribution is 7.93. The van der Waals surface area contributed by atoms with Crippen molar-refractivity contribution in [2.75, 3.05) is 18.5 Å². The van der Waals surface area contributed by atoms with Crippen molar-refractivity contribution in [3.63, 3.8) is 0 Å². The maximum atomic E-state index is 13.4. The Balaban J connectivity index is 1.41. The zero-order valence-electron chi connectivity index (χ0n) is 19.7. The van der Waals surface area contributed by atoms with Gasteiger partial charge in [-0.2, -0.15) is 5.10 Å². The molecule has 2 aliphatic heterocycles. The Bertz CT molecular complexity index is 1450. The summed E-state index contributed by atoms with van der Waals surface area (Å²) >= 11 is 0. The van der Waals surface area contributed by atoms with E-state index in [2.05, 4.69) is 17.2 Å². The molecule has 3 aliphatic rings. The lowest BCUT2D eigenvalue weighted by Gasteiger charge is -2.34. The predicted octanol–water partition coefficient (Wildman–Crippen LogP) is 3.59. The zero-order chi connectivity index (χ0) is 24.4. The second kappa shape index (κ2) is 8.18. The molecule has 0 radical (unpaired) electrons. The van der Waals surface area contributed by atoms with Crippen molar-refractivity contribution in [3.8, 4) is 0 Å². The number of aromatic amines is 1. The van der Waals surface area contributed by atoms with E-state index in [0.29, 0.717) is 41.6 Å². The molecule has 1 aliphatic carbocycles. The van der Waals surface area contributed by atoms with Crippen LogP contribution in [0.25, 0.3) is 10.9 Å². The summed E-state index contributed by atoms with van der Waals surface area (Å²) in [5.74, 6) is 0.880. The largest absolute Gasteiger partial charge is 0.387 e.